The molecule has 0 bridgehead atoms. The summed E-state index contributed by atoms with van der Waals surface area (Å²) in [6, 6.07) is 16.0. The zero-order chi connectivity index (χ0) is 17.1. The number of esters is 1. The van der Waals surface area contributed by atoms with Gasteiger partial charge in [0.05, 0.1) is 5.02 Å². The molecule has 0 heterocycles. The van der Waals surface area contributed by atoms with Gasteiger partial charge in [-0.25, -0.2) is 4.79 Å². The second-order valence-electron chi connectivity index (χ2n) is 4.93. The lowest BCUT2D eigenvalue weighted by molar-refractivity contribution is -0.136. The number of hydrogen-bond acceptors (Lipinski definition) is 3. The van der Waals surface area contributed by atoms with Crippen LogP contribution in [0.3, 0.4) is 0 Å². The normalized spacial score (nSPS) is 10.6. The van der Waals surface area contributed by atoms with E-state index in [4.69, 9.17) is 32.7 Å². The molecule has 122 valence electrons. The van der Waals surface area contributed by atoms with Gasteiger partial charge in [0, 0.05) is 14.9 Å². The number of rotatable bonds is 4. The quantitative estimate of drug-likeness (QED) is 0.386. The van der Waals surface area contributed by atoms with E-state index < -0.39 is 5.97 Å². The molecule has 0 fully saturated rings. The number of fused-ring (bicyclic) bond motifs is 1. The Morgan fingerprint density at radius 1 is 0.958 bits per heavy atom. The van der Waals surface area contributed by atoms with Crippen molar-refractivity contribution in [2.24, 2.45) is 0 Å². The highest BCUT2D eigenvalue weighted by atomic mass is 79.9. The number of ether oxygens (including phenoxy) is 2. The zero-order valence-corrected chi connectivity index (χ0v) is 15.4. The lowest BCUT2D eigenvalue weighted by Crippen LogP contribution is -2.18. The maximum atomic E-state index is 12.1. The van der Waals surface area contributed by atoms with Crippen molar-refractivity contribution in [2.45, 2.75) is 0 Å². The molecule has 0 aliphatic carbocycles. The van der Waals surface area contributed by atoms with Gasteiger partial charge in [-0.2, -0.15) is 0 Å². The molecule has 3 rings (SSSR count). The minimum atomic E-state index is -0.520. The largest absolute Gasteiger partial charge is 0.480 e. The number of halogens is 3. The Hall–Kier alpha value is -1.75. The van der Waals surface area contributed by atoms with Crippen LogP contribution >= 0.6 is 39.1 Å². The van der Waals surface area contributed by atoms with Gasteiger partial charge in [-0.15, -0.1) is 0 Å². The molecule has 3 aromatic carbocycles. The first-order valence-electron chi connectivity index (χ1n) is 7.00. The Morgan fingerprint density at radius 2 is 1.67 bits per heavy atom. The summed E-state index contributed by atoms with van der Waals surface area (Å²) in [5.41, 5.74) is 0. The third kappa shape index (κ3) is 3.83. The van der Waals surface area contributed by atoms with Crippen molar-refractivity contribution < 1.29 is 14.3 Å². The molecule has 3 nitrogen and oxygen atoms in total. The SMILES string of the molecule is O=C(COc1ccc(Cl)cc1Cl)Oc1ccc(Br)c2ccccc12. The molecule has 3 aromatic rings. The summed E-state index contributed by atoms with van der Waals surface area (Å²) in [6.45, 7) is -0.258. The Morgan fingerprint density at radius 3 is 2.42 bits per heavy atom. The molecule has 0 aliphatic rings. The third-order valence-electron chi connectivity index (χ3n) is 3.29. The summed E-state index contributed by atoms with van der Waals surface area (Å²) in [5.74, 6) is 0.330. The van der Waals surface area contributed by atoms with Crippen LogP contribution < -0.4 is 9.47 Å². The zero-order valence-electron chi connectivity index (χ0n) is 12.3. The highest BCUT2D eigenvalue weighted by molar-refractivity contribution is 9.10. The second kappa shape index (κ2) is 7.43. The monoisotopic (exact) mass is 424 g/mol. The molecule has 0 saturated heterocycles. The minimum absolute atomic E-state index is 0.258. The van der Waals surface area contributed by atoms with Crippen molar-refractivity contribution in [2.75, 3.05) is 6.61 Å². The fourth-order valence-electron chi connectivity index (χ4n) is 2.20. The first-order valence-corrected chi connectivity index (χ1v) is 8.55. The van der Waals surface area contributed by atoms with Gasteiger partial charge in [0.2, 0.25) is 0 Å². The highest BCUT2D eigenvalue weighted by Gasteiger charge is 2.12. The maximum Gasteiger partial charge on any atom is 0.349 e. The van der Waals surface area contributed by atoms with Crippen molar-refractivity contribution in [3.05, 3.63) is 69.1 Å². The van der Waals surface area contributed by atoms with E-state index in [1.54, 1.807) is 24.3 Å². The van der Waals surface area contributed by atoms with Crippen LogP contribution in [0, 0.1) is 0 Å². The summed E-state index contributed by atoms with van der Waals surface area (Å²) in [7, 11) is 0. The third-order valence-corrected chi connectivity index (χ3v) is 4.52. The predicted octanol–water partition coefficient (Wildman–Crippen LogP) is 5.89. The Labute approximate surface area is 157 Å². The number of carbonyl (C=O) groups excluding carboxylic acids is 1. The molecule has 6 heteroatoms. The van der Waals surface area contributed by atoms with E-state index in [9.17, 15) is 4.79 Å². The molecular weight excluding hydrogens is 415 g/mol. The smallest absolute Gasteiger partial charge is 0.349 e. The molecule has 0 amide bonds. The van der Waals surface area contributed by atoms with Crippen LogP contribution in [0.15, 0.2) is 59.1 Å². The van der Waals surface area contributed by atoms with Crippen LogP contribution in [0.1, 0.15) is 0 Å². The topological polar surface area (TPSA) is 35.5 Å². The first kappa shape index (κ1) is 17.1. The van der Waals surface area contributed by atoms with E-state index in [2.05, 4.69) is 15.9 Å². The van der Waals surface area contributed by atoms with Crippen LogP contribution in [-0.4, -0.2) is 12.6 Å². The second-order valence-corrected chi connectivity index (χ2v) is 6.63. The summed E-state index contributed by atoms with van der Waals surface area (Å²) in [4.78, 5) is 12.1. The van der Waals surface area contributed by atoms with Crippen molar-refractivity contribution in [3.8, 4) is 11.5 Å². The summed E-state index contributed by atoms with van der Waals surface area (Å²) in [5, 5.41) is 2.63. The van der Waals surface area contributed by atoms with E-state index in [-0.39, 0.29) is 6.61 Å². The highest BCUT2D eigenvalue weighted by Crippen LogP contribution is 2.32. The van der Waals surface area contributed by atoms with E-state index in [1.165, 1.54) is 0 Å². The average Bonchev–Trinajstić information content (AvgIpc) is 2.57. The van der Waals surface area contributed by atoms with E-state index >= 15 is 0 Å². The average molecular weight is 426 g/mol. The molecule has 0 spiro atoms. The van der Waals surface area contributed by atoms with Crippen molar-refractivity contribution in [1.29, 1.82) is 0 Å². The van der Waals surface area contributed by atoms with Crippen LogP contribution in [0.2, 0.25) is 10.0 Å². The molecule has 0 saturated carbocycles. The lowest BCUT2D eigenvalue weighted by Gasteiger charge is -2.10. The molecule has 0 radical (unpaired) electrons. The summed E-state index contributed by atoms with van der Waals surface area (Å²) in [6.07, 6.45) is 0. The Balaban J connectivity index is 1.72. The van der Waals surface area contributed by atoms with Gasteiger partial charge in [-0.3, -0.25) is 0 Å². The van der Waals surface area contributed by atoms with E-state index in [0.717, 1.165) is 15.2 Å². The van der Waals surface area contributed by atoms with Crippen molar-refractivity contribution in [1.82, 2.24) is 0 Å². The standard InChI is InChI=1S/C18H11BrCl2O3/c19-14-6-8-16(13-4-2-1-3-12(13)14)24-18(22)10-23-17-7-5-11(20)9-15(17)21/h1-9H,10H2. The number of benzene rings is 3. The van der Waals surface area contributed by atoms with Crippen LogP contribution in [0.25, 0.3) is 10.8 Å². The maximum absolute atomic E-state index is 12.1. The molecule has 0 unspecified atom stereocenters. The van der Waals surface area contributed by atoms with Gasteiger partial charge < -0.3 is 9.47 Å². The van der Waals surface area contributed by atoms with Crippen LogP contribution in [0.4, 0.5) is 0 Å². The van der Waals surface area contributed by atoms with Gasteiger partial charge >= 0.3 is 5.97 Å². The minimum Gasteiger partial charge on any atom is -0.480 e. The summed E-state index contributed by atoms with van der Waals surface area (Å²) >= 11 is 15.3. The van der Waals surface area contributed by atoms with Gasteiger partial charge in [0.25, 0.3) is 0 Å². The fourth-order valence-corrected chi connectivity index (χ4v) is 3.15. The molecule has 0 N–H and O–H groups in total. The molecule has 0 aromatic heterocycles. The van der Waals surface area contributed by atoms with E-state index in [1.807, 2.05) is 30.3 Å². The van der Waals surface area contributed by atoms with Crippen molar-refractivity contribution in [3.63, 3.8) is 0 Å². The van der Waals surface area contributed by atoms with Crippen LogP contribution in [-0.2, 0) is 4.79 Å². The van der Waals surface area contributed by atoms with Gasteiger partial charge in [0.15, 0.2) is 6.61 Å². The van der Waals surface area contributed by atoms with E-state index in [0.29, 0.717) is 21.5 Å². The number of carbonyl (C=O) groups is 1. The fraction of sp³-hybridized carbons (Fsp3) is 0.0556. The molecule has 0 atom stereocenters. The lowest BCUT2D eigenvalue weighted by atomic mass is 10.1. The van der Waals surface area contributed by atoms with Gasteiger partial charge in [-0.05, 0) is 35.7 Å². The molecule has 24 heavy (non-hydrogen) atoms. The first-order chi connectivity index (χ1) is 11.5. The molecular formula is C18H11BrCl2O3. The van der Waals surface area contributed by atoms with Gasteiger partial charge in [0.1, 0.15) is 11.5 Å². The van der Waals surface area contributed by atoms with Gasteiger partial charge in [-0.1, -0.05) is 63.4 Å². The Kier molecular flexibility index (Phi) is 5.29. The Bertz CT molecular complexity index is 912. The predicted molar refractivity (Wildman–Crippen MR) is 99.2 cm³/mol. The van der Waals surface area contributed by atoms with Crippen molar-refractivity contribution >= 4 is 55.9 Å². The summed E-state index contributed by atoms with van der Waals surface area (Å²) < 4.78 is 11.7. The molecule has 0 aliphatic heterocycles. The van der Waals surface area contributed by atoms with Crippen LogP contribution in [0.5, 0.6) is 11.5 Å². The number of hydrogen-bond donors (Lipinski definition) is 0.